The van der Waals surface area contributed by atoms with Gasteiger partial charge in [0.05, 0.1) is 19.3 Å². The van der Waals surface area contributed by atoms with E-state index in [1.807, 2.05) is 14.1 Å². The number of nitrogens with one attached hydrogen (secondary N) is 1. The number of aliphatic carboxylic acids is 1. The molecule has 1 aliphatic heterocycles. The maximum absolute atomic E-state index is 12.3. The average Bonchev–Trinajstić information content (AvgIpc) is 2.81. The van der Waals surface area contributed by atoms with Gasteiger partial charge >= 0.3 is 5.97 Å². The number of anilines is 1. The van der Waals surface area contributed by atoms with Gasteiger partial charge in [-0.3, -0.25) is 9.59 Å². The SMILES string of the molecule is CN(C)c1cc(C(=O)NC2COCC2(C)C(=O)O)ccn1. The number of hydrogen-bond acceptors (Lipinski definition) is 5. The predicted molar refractivity (Wildman–Crippen MR) is 76.4 cm³/mol. The van der Waals surface area contributed by atoms with E-state index in [0.717, 1.165) is 0 Å². The van der Waals surface area contributed by atoms with E-state index in [1.165, 1.54) is 0 Å². The third-order valence-electron chi connectivity index (χ3n) is 3.72. The van der Waals surface area contributed by atoms with Gasteiger partial charge in [0, 0.05) is 25.9 Å². The topological polar surface area (TPSA) is 91.8 Å². The van der Waals surface area contributed by atoms with Crippen molar-refractivity contribution in [3.05, 3.63) is 23.9 Å². The summed E-state index contributed by atoms with van der Waals surface area (Å²) >= 11 is 0. The molecule has 1 aromatic heterocycles. The second kappa shape index (κ2) is 5.69. The van der Waals surface area contributed by atoms with Crippen molar-refractivity contribution in [3.63, 3.8) is 0 Å². The van der Waals surface area contributed by atoms with Crippen molar-refractivity contribution in [3.8, 4) is 0 Å². The summed E-state index contributed by atoms with van der Waals surface area (Å²) in [6, 6.07) is 2.69. The molecule has 0 aliphatic carbocycles. The summed E-state index contributed by atoms with van der Waals surface area (Å²) in [5.74, 6) is -0.649. The van der Waals surface area contributed by atoms with E-state index in [-0.39, 0.29) is 19.1 Å². The van der Waals surface area contributed by atoms with Crippen LogP contribution < -0.4 is 10.2 Å². The minimum Gasteiger partial charge on any atom is -0.481 e. The zero-order chi connectivity index (χ0) is 15.6. The molecule has 1 aromatic rings. The van der Waals surface area contributed by atoms with E-state index in [2.05, 4.69) is 10.3 Å². The average molecular weight is 293 g/mol. The summed E-state index contributed by atoms with van der Waals surface area (Å²) < 4.78 is 5.22. The number of amides is 1. The van der Waals surface area contributed by atoms with Crippen LogP contribution in [0, 0.1) is 5.41 Å². The van der Waals surface area contributed by atoms with Crippen LogP contribution in [0.5, 0.6) is 0 Å². The molecule has 2 unspecified atom stereocenters. The Morgan fingerprint density at radius 1 is 1.52 bits per heavy atom. The maximum atomic E-state index is 12.3. The number of rotatable bonds is 4. The first-order chi connectivity index (χ1) is 9.84. The number of pyridine rings is 1. The fraction of sp³-hybridized carbons (Fsp3) is 0.500. The van der Waals surface area contributed by atoms with Gasteiger partial charge in [0.2, 0.25) is 0 Å². The van der Waals surface area contributed by atoms with Gasteiger partial charge < -0.3 is 20.1 Å². The van der Waals surface area contributed by atoms with E-state index in [9.17, 15) is 14.7 Å². The smallest absolute Gasteiger partial charge is 0.313 e. The summed E-state index contributed by atoms with van der Waals surface area (Å²) in [4.78, 5) is 29.6. The molecule has 1 saturated heterocycles. The predicted octanol–water partition coefficient (Wildman–Crippen LogP) is 0.367. The molecule has 2 N–H and O–H groups in total. The first-order valence-corrected chi connectivity index (χ1v) is 6.60. The van der Waals surface area contributed by atoms with Crippen molar-refractivity contribution in [1.82, 2.24) is 10.3 Å². The molecule has 0 radical (unpaired) electrons. The van der Waals surface area contributed by atoms with Crippen LogP contribution in [0.4, 0.5) is 5.82 Å². The Kier molecular flexibility index (Phi) is 4.13. The molecule has 1 amide bonds. The van der Waals surface area contributed by atoms with Gasteiger partial charge in [0.1, 0.15) is 11.2 Å². The van der Waals surface area contributed by atoms with E-state index in [0.29, 0.717) is 11.4 Å². The molecule has 7 nitrogen and oxygen atoms in total. The lowest BCUT2D eigenvalue weighted by molar-refractivity contribution is -0.148. The summed E-state index contributed by atoms with van der Waals surface area (Å²) in [5, 5.41) is 12.0. The molecule has 0 spiro atoms. The van der Waals surface area contributed by atoms with Crippen LogP contribution in [0.15, 0.2) is 18.3 Å². The normalized spacial score (nSPS) is 24.6. The van der Waals surface area contributed by atoms with Gasteiger partial charge in [-0.25, -0.2) is 4.98 Å². The van der Waals surface area contributed by atoms with Crippen molar-refractivity contribution in [2.75, 3.05) is 32.2 Å². The van der Waals surface area contributed by atoms with Gasteiger partial charge in [-0.1, -0.05) is 0 Å². The summed E-state index contributed by atoms with van der Waals surface area (Å²) in [6.45, 7) is 1.86. The van der Waals surface area contributed by atoms with E-state index >= 15 is 0 Å². The molecule has 1 fully saturated rings. The third kappa shape index (κ3) is 2.97. The quantitative estimate of drug-likeness (QED) is 0.833. The Balaban J connectivity index is 2.15. The summed E-state index contributed by atoms with van der Waals surface area (Å²) in [7, 11) is 3.66. The second-order valence-electron chi connectivity index (χ2n) is 5.56. The molecular weight excluding hydrogens is 274 g/mol. The highest BCUT2D eigenvalue weighted by Crippen LogP contribution is 2.29. The number of hydrogen-bond donors (Lipinski definition) is 2. The Morgan fingerprint density at radius 2 is 2.24 bits per heavy atom. The summed E-state index contributed by atoms with van der Waals surface area (Å²) in [6.07, 6.45) is 1.55. The molecule has 0 saturated carbocycles. The lowest BCUT2D eigenvalue weighted by atomic mass is 9.85. The van der Waals surface area contributed by atoms with E-state index in [4.69, 9.17) is 4.74 Å². The van der Waals surface area contributed by atoms with Crippen molar-refractivity contribution >= 4 is 17.7 Å². The molecule has 2 rings (SSSR count). The number of aromatic nitrogens is 1. The first-order valence-electron chi connectivity index (χ1n) is 6.60. The summed E-state index contributed by atoms with van der Waals surface area (Å²) in [5.41, 5.74) is -0.666. The molecule has 0 aromatic carbocycles. The van der Waals surface area contributed by atoms with E-state index in [1.54, 1.807) is 30.2 Å². The maximum Gasteiger partial charge on any atom is 0.313 e. The Hall–Kier alpha value is -2.15. The number of carbonyl (C=O) groups is 2. The van der Waals surface area contributed by atoms with Crippen molar-refractivity contribution in [2.45, 2.75) is 13.0 Å². The second-order valence-corrected chi connectivity index (χ2v) is 5.56. The zero-order valence-electron chi connectivity index (χ0n) is 12.3. The molecule has 1 aliphatic rings. The Labute approximate surface area is 122 Å². The van der Waals surface area contributed by atoms with Gasteiger partial charge in [0.25, 0.3) is 5.91 Å². The van der Waals surface area contributed by atoms with Crippen LogP contribution in [0.1, 0.15) is 17.3 Å². The first kappa shape index (κ1) is 15.2. The van der Waals surface area contributed by atoms with Crippen LogP contribution >= 0.6 is 0 Å². The highest BCUT2D eigenvalue weighted by Gasteiger charge is 2.47. The lowest BCUT2D eigenvalue weighted by Gasteiger charge is -2.25. The zero-order valence-corrected chi connectivity index (χ0v) is 12.3. The van der Waals surface area contributed by atoms with Crippen LogP contribution in [0.3, 0.4) is 0 Å². The third-order valence-corrected chi connectivity index (χ3v) is 3.72. The highest BCUT2D eigenvalue weighted by molar-refractivity contribution is 5.95. The largest absolute Gasteiger partial charge is 0.481 e. The number of nitrogens with zero attached hydrogens (tertiary/aromatic N) is 2. The molecule has 0 bridgehead atoms. The fourth-order valence-corrected chi connectivity index (χ4v) is 2.13. The van der Waals surface area contributed by atoms with Crippen molar-refractivity contribution in [1.29, 1.82) is 0 Å². The minimum atomic E-state index is -1.10. The molecule has 7 heteroatoms. The van der Waals surface area contributed by atoms with Crippen molar-refractivity contribution < 1.29 is 19.4 Å². The standard InChI is InChI=1S/C14H19N3O4/c1-14(13(19)20)8-21-7-10(14)16-12(18)9-4-5-15-11(6-9)17(2)3/h4-6,10H,7-8H2,1-3H3,(H,16,18)(H,19,20). The molecule has 114 valence electrons. The fourth-order valence-electron chi connectivity index (χ4n) is 2.13. The highest BCUT2D eigenvalue weighted by atomic mass is 16.5. The van der Waals surface area contributed by atoms with Gasteiger partial charge in [-0.05, 0) is 19.1 Å². The van der Waals surface area contributed by atoms with Crippen LogP contribution in [-0.4, -0.2) is 55.3 Å². The Morgan fingerprint density at radius 3 is 2.86 bits per heavy atom. The van der Waals surface area contributed by atoms with Gasteiger partial charge in [-0.2, -0.15) is 0 Å². The monoisotopic (exact) mass is 293 g/mol. The van der Waals surface area contributed by atoms with E-state index < -0.39 is 17.4 Å². The van der Waals surface area contributed by atoms with Gasteiger partial charge in [0.15, 0.2) is 0 Å². The molecule has 2 heterocycles. The van der Waals surface area contributed by atoms with Crippen LogP contribution in [-0.2, 0) is 9.53 Å². The lowest BCUT2D eigenvalue weighted by Crippen LogP contribution is -2.49. The van der Waals surface area contributed by atoms with Gasteiger partial charge in [-0.15, -0.1) is 0 Å². The number of carboxylic acids is 1. The number of ether oxygens (including phenoxy) is 1. The van der Waals surface area contributed by atoms with Crippen LogP contribution in [0.25, 0.3) is 0 Å². The van der Waals surface area contributed by atoms with Crippen molar-refractivity contribution in [2.24, 2.45) is 5.41 Å². The minimum absolute atomic E-state index is 0.0899. The number of carbonyl (C=O) groups excluding carboxylic acids is 1. The molecular formula is C14H19N3O4. The molecule has 2 atom stereocenters. The molecule has 21 heavy (non-hydrogen) atoms. The van der Waals surface area contributed by atoms with Crippen LogP contribution in [0.2, 0.25) is 0 Å². The Bertz CT molecular complexity index is 561. The number of carboxylic acid groups (broad SMARTS) is 1.